The van der Waals surface area contributed by atoms with Gasteiger partial charge in [-0.3, -0.25) is 9.48 Å². The number of primary amides is 1. The molecule has 6 aromatic rings. The molecule has 0 fully saturated rings. The second-order valence-corrected chi connectivity index (χ2v) is 8.90. The summed E-state index contributed by atoms with van der Waals surface area (Å²) in [6, 6.07) is 24.1. The van der Waals surface area contributed by atoms with Crippen LogP contribution in [0.15, 0.2) is 91.4 Å². The first-order valence-corrected chi connectivity index (χ1v) is 12.5. The number of nitrogens with zero attached hydrogens (tertiary/aromatic N) is 5. The van der Waals surface area contributed by atoms with Crippen molar-refractivity contribution < 1.29 is 4.79 Å². The zero-order valence-corrected chi connectivity index (χ0v) is 21.7. The predicted octanol–water partition coefficient (Wildman–Crippen LogP) is 4.61. The number of benzene rings is 2. The van der Waals surface area contributed by atoms with E-state index in [1.807, 2.05) is 31.4 Å². The van der Waals surface area contributed by atoms with Gasteiger partial charge in [-0.25, -0.2) is 9.50 Å². The van der Waals surface area contributed by atoms with E-state index in [4.69, 9.17) is 16.5 Å². The molecule has 0 saturated carbocycles. The van der Waals surface area contributed by atoms with Crippen LogP contribution in [0.25, 0.3) is 27.7 Å². The highest BCUT2D eigenvalue weighted by atomic mass is 16.1. The van der Waals surface area contributed by atoms with Crippen LogP contribution in [-0.2, 0) is 13.5 Å². The van der Waals surface area contributed by atoms with Crippen LogP contribution in [0.1, 0.15) is 34.0 Å². The fraction of sp³-hybridized carbons (Fsp3) is 0.0968. The maximum Gasteiger partial charge on any atom is 0.254 e. The molecule has 0 spiro atoms. The average Bonchev–Trinajstić information content (AvgIpc) is 3.53. The number of hydrogen-bond acceptors (Lipinski definition) is 5. The van der Waals surface area contributed by atoms with Gasteiger partial charge in [0.1, 0.15) is 5.56 Å². The lowest BCUT2D eigenvalue weighted by molar-refractivity contribution is 0.100. The molecule has 0 radical (unpaired) electrons. The molecule has 4 heterocycles. The number of fused-ring (bicyclic) bond motifs is 2. The number of anilines is 1. The monoisotopic (exact) mass is 513 g/mol. The number of nitrogen functional groups attached to an aromatic ring is 1. The summed E-state index contributed by atoms with van der Waals surface area (Å²) in [7, 11) is 1.89. The minimum absolute atomic E-state index is 0.165. The zero-order chi connectivity index (χ0) is 27.4. The van der Waals surface area contributed by atoms with E-state index >= 15 is 0 Å². The summed E-state index contributed by atoms with van der Waals surface area (Å²) in [5.74, 6) is 6.06. The van der Waals surface area contributed by atoms with Crippen molar-refractivity contribution in [1.29, 1.82) is 0 Å². The standard InChI is InChI=1S/C23H19N3.C8H8N4O/c1-3-18-14-21-11-7-10-20(13-12-17-15-24-26(2)16-17)23(21)25-22(18)19-8-5-4-6-9-19;9-7-6(8(10)13)5-3-1-2-4-12(5)11-7/h4-11,14-16H,3H2,1-2H3;1-4H,(H2,9,11)(H2,10,13). The lowest BCUT2D eigenvalue weighted by atomic mass is 10.00. The summed E-state index contributed by atoms with van der Waals surface area (Å²) in [5.41, 5.74) is 17.8. The Morgan fingerprint density at radius 2 is 1.79 bits per heavy atom. The minimum Gasteiger partial charge on any atom is -0.382 e. The van der Waals surface area contributed by atoms with Crippen molar-refractivity contribution in [3.8, 4) is 23.1 Å². The Hall–Kier alpha value is -5.42. The number of nitrogens with two attached hydrogens (primary N) is 2. The Kier molecular flexibility index (Phi) is 7.06. The van der Waals surface area contributed by atoms with E-state index < -0.39 is 5.91 Å². The van der Waals surface area contributed by atoms with Crippen molar-refractivity contribution in [1.82, 2.24) is 24.4 Å². The van der Waals surface area contributed by atoms with Gasteiger partial charge in [0, 0.05) is 30.4 Å². The maximum atomic E-state index is 11.0. The van der Waals surface area contributed by atoms with Gasteiger partial charge in [0.05, 0.1) is 34.1 Å². The number of hydrogen-bond donors (Lipinski definition) is 2. The van der Waals surface area contributed by atoms with Gasteiger partial charge >= 0.3 is 0 Å². The quantitative estimate of drug-likeness (QED) is 0.335. The van der Waals surface area contributed by atoms with Crippen molar-refractivity contribution in [2.75, 3.05) is 5.73 Å². The highest BCUT2D eigenvalue weighted by molar-refractivity contribution is 6.04. The number of amides is 1. The third kappa shape index (κ3) is 5.33. The molecule has 0 saturated heterocycles. The van der Waals surface area contributed by atoms with Crippen molar-refractivity contribution >= 4 is 28.1 Å². The van der Waals surface area contributed by atoms with E-state index in [0.29, 0.717) is 5.52 Å². The molecule has 2 aromatic carbocycles. The van der Waals surface area contributed by atoms with Crippen LogP contribution in [0.2, 0.25) is 0 Å². The molecule has 8 heteroatoms. The van der Waals surface area contributed by atoms with E-state index in [1.54, 1.807) is 35.3 Å². The number of para-hydroxylation sites is 1. The molecule has 1 amide bonds. The van der Waals surface area contributed by atoms with Crippen molar-refractivity contribution in [3.63, 3.8) is 0 Å². The fourth-order valence-electron chi connectivity index (χ4n) is 4.35. The maximum absolute atomic E-state index is 11.0. The SMILES string of the molecule is CCc1cc2cccc(C#Cc3cnn(C)c3)c2nc1-c1ccccc1.NC(=O)c1c(N)nn2ccccc12. The summed E-state index contributed by atoms with van der Waals surface area (Å²) in [5, 5.41) is 9.22. The number of aromatic nitrogens is 5. The van der Waals surface area contributed by atoms with E-state index in [9.17, 15) is 4.79 Å². The first-order chi connectivity index (χ1) is 18.9. The molecule has 39 heavy (non-hydrogen) atoms. The topological polar surface area (TPSA) is 117 Å². The Morgan fingerprint density at radius 1 is 1.00 bits per heavy atom. The smallest absolute Gasteiger partial charge is 0.254 e. The van der Waals surface area contributed by atoms with Gasteiger partial charge in [-0.15, -0.1) is 5.10 Å². The van der Waals surface area contributed by atoms with Gasteiger partial charge in [0.25, 0.3) is 5.91 Å². The van der Waals surface area contributed by atoms with E-state index in [-0.39, 0.29) is 11.4 Å². The lowest BCUT2D eigenvalue weighted by Gasteiger charge is -2.10. The number of carbonyl (C=O) groups excluding carboxylic acids is 1. The summed E-state index contributed by atoms with van der Waals surface area (Å²) in [6.45, 7) is 2.17. The molecule has 4 N–H and O–H groups in total. The molecular weight excluding hydrogens is 486 g/mol. The highest BCUT2D eigenvalue weighted by Gasteiger charge is 2.14. The van der Waals surface area contributed by atoms with Gasteiger partial charge in [-0.2, -0.15) is 5.10 Å². The minimum atomic E-state index is -0.557. The summed E-state index contributed by atoms with van der Waals surface area (Å²) >= 11 is 0. The molecule has 0 unspecified atom stereocenters. The lowest BCUT2D eigenvalue weighted by Crippen LogP contribution is -2.12. The number of rotatable bonds is 3. The normalized spacial score (nSPS) is 10.5. The Labute approximate surface area is 225 Å². The van der Waals surface area contributed by atoms with E-state index in [1.165, 1.54) is 10.1 Å². The molecule has 4 aromatic heterocycles. The number of aryl methyl sites for hydroxylation is 2. The Morgan fingerprint density at radius 3 is 2.51 bits per heavy atom. The van der Waals surface area contributed by atoms with Crippen LogP contribution in [0.3, 0.4) is 0 Å². The van der Waals surface area contributed by atoms with Crippen molar-refractivity contribution in [2.45, 2.75) is 13.3 Å². The van der Waals surface area contributed by atoms with Crippen LogP contribution in [0, 0.1) is 11.8 Å². The third-order valence-corrected chi connectivity index (χ3v) is 6.21. The van der Waals surface area contributed by atoms with Crippen LogP contribution < -0.4 is 11.5 Å². The van der Waals surface area contributed by atoms with Gasteiger partial charge in [0.2, 0.25) is 0 Å². The van der Waals surface area contributed by atoms with Gasteiger partial charge < -0.3 is 11.5 Å². The molecule has 0 atom stereocenters. The molecular formula is C31H27N7O. The third-order valence-electron chi connectivity index (χ3n) is 6.21. The number of pyridine rings is 2. The van der Waals surface area contributed by atoms with Gasteiger partial charge in [-0.05, 0) is 36.2 Å². The van der Waals surface area contributed by atoms with Crippen molar-refractivity contribution in [3.05, 3.63) is 114 Å². The molecule has 0 aliphatic carbocycles. The summed E-state index contributed by atoms with van der Waals surface area (Å²) in [6.07, 6.45) is 6.34. The largest absolute Gasteiger partial charge is 0.382 e. The highest BCUT2D eigenvalue weighted by Crippen LogP contribution is 2.27. The average molecular weight is 514 g/mol. The van der Waals surface area contributed by atoms with Crippen LogP contribution >= 0.6 is 0 Å². The van der Waals surface area contributed by atoms with Gasteiger partial charge in [-0.1, -0.05) is 67.3 Å². The molecule has 0 aliphatic rings. The van der Waals surface area contributed by atoms with Crippen LogP contribution in [-0.4, -0.2) is 30.3 Å². The summed E-state index contributed by atoms with van der Waals surface area (Å²) in [4.78, 5) is 16.0. The number of carbonyl (C=O) groups is 1. The zero-order valence-electron chi connectivity index (χ0n) is 21.7. The van der Waals surface area contributed by atoms with Crippen molar-refractivity contribution in [2.24, 2.45) is 12.8 Å². The molecule has 192 valence electrons. The van der Waals surface area contributed by atoms with E-state index in [2.05, 4.69) is 65.4 Å². The fourth-order valence-corrected chi connectivity index (χ4v) is 4.35. The molecule has 8 nitrogen and oxygen atoms in total. The summed E-state index contributed by atoms with van der Waals surface area (Å²) < 4.78 is 3.28. The molecule has 0 bridgehead atoms. The van der Waals surface area contributed by atoms with Crippen LogP contribution in [0.4, 0.5) is 5.82 Å². The Bertz CT molecular complexity index is 1860. The first kappa shape index (κ1) is 25.2. The first-order valence-electron chi connectivity index (χ1n) is 12.5. The van der Waals surface area contributed by atoms with Gasteiger partial charge in [0.15, 0.2) is 5.82 Å². The second-order valence-electron chi connectivity index (χ2n) is 8.90. The predicted molar refractivity (Wildman–Crippen MR) is 154 cm³/mol. The molecule has 0 aliphatic heterocycles. The Balaban J connectivity index is 0.000000198. The van der Waals surface area contributed by atoms with Crippen LogP contribution in [0.5, 0.6) is 0 Å². The van der Waals surface area contributed by atoms with E-state index in [0.717, 1.165) is 39.7 Å². The molecule has 6 rings (SSSR count). The second kappa shape index (κ2) is 10.9.